The van der Waals surface area contributed by atoms with Crippen molar-refractivity contribution in [2.24, 2.45) is 17.8 Å². The van der Waals surface area contributed by atoms with E-state index in [0.717, 1.165) is 17.8 Å². The average molecular weight is 198 g/mol. The Kier molecular flexibility index (Phi) is 8.32. The van der Waals surface area contributed by atoms with E-state index in [2.05, 4.69) is 20.8 Å². The molecule has 0 saturated heterocycles. The van der Waals surface area contributed by atoms with Crippen LogP contribution in [0.3, 0.4) is 0 Å². The van der Waals surface area contributed by atoms with Crippen molar-refractivity contribution in [2.75, 3.05) is 0 Å². The lowest BCUT2D eigenvalue weighted by Crippen LogP contribution is -2.05. The molecule has 3 atom stereocenters. The maximum absolute atomic E-state index is 2.44. The van der Waals surface area contributed by atoms with Crippen LogP contribution in [0.1, 0.15) is 73.1 Å². The van der Waals surface area contributed by atoms with Gasteiger partial charge in [0.05, 0.1) is 0 Å². The van der Waals surface area contributed by atoms with Crippen LogP contribution in [0.2, 0.25) is 0 Å². The summed E-state index contributed by atoms with van der Waals surface area (Å²) < 4.78 is 0. The predicted molar refractivity (Wildman–Crippen MR) is 66.5 cm³/mol. The highest BCUT2D eigenvalue weighted by molar-refractivity contribution is 4.74. The Labute approximate surface area is 91.5 Å². The van der Waals surface area contributed by atoms with Crippen molar-refractivity contribution < 1.29 is 0 Å². The third-order valence-corrected chi connectivity index (χ3v) is 3.77. The van der Waals surface area contributed by atoms with E-state index in [0.29, 0.717) is 0 Å². The average Bonchev–Trinajstić information content (AvgIpc) is 2.63. The predicted octanol–water partition coefficient (Wildman–Crippen LogP) is 5.28. The van der Waals surface area contributed by atoms with E-state index in [1.165, 1.54) is 38.5 Å². The Balaban J connectivity index is 0.000000791. The molecule has 1 rings (SSSR count). The summed E-state index contributed by atoms with van der Waals surface area (Å²) in [5.74, 6) is 3.05. The second kappa shape index (κ2) is 8.32. The molecule has 0 heteroatoms. The molecule has 14 heavy (non-hydrogen) atoms. The SMILES string of the molecule is CC.CCC(C)CCC1CCCC1C. The van der Waals surface area contributed by atoms with Crippen LogP contribution in [0.15, 0.2) is 0 Å². The molecule has 0 bridgehead atoms. The largest absolute Gasteiger partial charge is 0.0683 e. The van der Waals surface area contributed by atoms with E-state index in [4.69, 9.17) is 0 Å². The third-order valence-electron chi connectivity index (χ3n) is 3.77. The molecule has 1 aliphatic carbocycles. The topological polar surface area (TPSA) is 0 Å². The Morgan fingerprint density at radius 3 is 2.29 bits per heavy atom. The van der Waals surface area contributed by atoms with Crippen molar-refractivity contribution in [1.29, 1.82) is 0 Å². The van der Waals surface area contributed by atoms with Gasteiger partial charge >= 0.3 is 0 Å². The highest BCUT2D eigenvalue weighted by Gasteiger charge is 2.22. The molecule has 1 fully saturated rings. The summed E-state index contributed by atoms with van der Waals surface area (Å²) in [6, 6.07) is 0. The Morgan fingerprint density at radius 1 is 1.21 bits per heavy atom. The second-order valence-corrected chi connectivity index (χ2v) is 4.76. The van der Waals surface area contributed by atoms with Crippen LogP contribution in [-0.2, 0) is 0 Å². The van der Waals surface area contributed by atoms with Crippen molar-refractivity contribution in [3.63, 3.8) is 0 Å². The van der Waals surface area contributed by atoms with Gasteiger partial charge in [-0.1, -0.05) is 66.7 Å². The zero-order chi connectivity index (χ0) is 11.0. The Morgan fingerprint density at radius 2 is 1.86 bits per heavy atom. The van der Waals surface area contributed by atoms with Crippen molar-refractivity contribution in [3.8, 4) is 0 Å². The lowest BCUT2D eigenvalue weighted by molar-refractivity contribution is 0.346. The zero-order valence-electron chi connectivity index (χ0n) is 11.0. The number of hydrogen-bond acceptors (Lipinski definition) is 0. The Hall–Kier alpha value is 0. The van der Waals surface area contributed by atoms with E-state index in [-0.39, 0.29) is 0 Å². The first kappa shape index (κ1) is 14.0. The van der Waals surface area contributed by atoms with E-state index >= 15 is 0 Å². The summed E-state index contributed by atoms with van der Waals surface area (Å²) in [5.41, 5.74) is 0. The van der Waals surface area contributed by atoms with Gasteiger partial charge in [0.2, 0.25) is 0 Å². The molecule has 3 unspecified atom stereocenters. The standard InChI is InChI=1S/C12H24.C2H6/c1-4-10(2)8-9-12-7-5-6-11(12)3;1-2/h10-12H,4-9H2,1-3H3;1-2H3. The van der Waals surface area contributed by atoms with Gasteiger partial charge in [-0.25, -0.2) is 0 Å². The number of hydrogen-bond donors (Lipinski definition) is 0. The van der Waals surface area contributed by atoms with E-state index in [1.807, 2.05) is 13.8 Å². The summed E-state index contributed by atoms with van der Waals surface area (Å²) in [6.07, 6.45) is 8.82. The quantitative estimate of drug-likeness (QED) is 0.577. The summed E-state index contributed by atoms with van der Waals surface area (Å²) in [7, 11) is 0. The van der Waals surface area contributed by atoms with Crippen LogP contribution in [0.4, 0.5) is 0 Å². The summed E-state index contributed by atoms with van der Waals surface area (Å²) in [6.45, 7) is 11.1. The maximum atomic E-state index is 2.44. The normalized spacial score (nSPS) is 28.1. The molecule has 0 N–H and O–H groups in total. The lowest BCUT2D eigenvalue weighted by Gasteiger charge is -2.17. The van der Waals surface area contributed by atoms with Gasteiger partial charge in [0.1, 0.15) is 0 Å². The van der Waals surface area contributed by atoms with E-state index in [9.17, 15) is 0 Å². The summed E-state index contributed by atoms with van der Waals surface area (Å²) in [4.78, 5) is 0. The smallest absolute Gasteiger partial charge is 0.0388 e. The first-order valence-electron chi connectivity index (χ1n) is 6.74. The van der Waals surface area contributed by atoms with Crippen LogP contribution in [0, 0.1) is 17.8 Å². The molecule has 0 aromatic heterocycles. The van der Waals surface area contributed by atoms with Gasteiger partial charge in [-0.2, -0.15) is 0 Å². The van der Waals surface area contributed by atoms with Gasteiger partial charge in [0.15, 0.2) is 0 Å². The van der Waals surface area contributed by atoms with Crippen LogP contribution >= 0.6 is 0 Å². The van der Waals surface area contributed by atoms with Crippen LogP contribution in [-0.4, -0.2) is 0 Å². The zero-order valence-corrected chi connectivity index (χ0v) is 11.0. The fourth-order valence-corrected chi connectivity index (χ4v) is 2.35. The highest BCUT2D eigenvalue weighted by Crippen LogP contribution is 2.35. The minimum Gasteiger partial charge on any atom is -0.0683 e. The number of rotatable bonds is 4. The fourth-order valence-electron chi connectivity index (χ4n) is 2.35. The van der Waals surface area contributed by atoms with Gasteiger partial charge in [0, 0.05) is 0 Å². The highest BCUT2D eigenvalue weighted by atomic mass is 14.3. The molecule has 86 valence electrons. The molecule has 0 amide bonds. The fraction of sp³-hybridized carbons (Fsp3) is 1.00. The summed E-state index contributed by atoms with van der Waals surface area (Å²) >= 11 is 0. The first-order valence-corrected chi connectivity index (χ1v) is 6.74. The van der Waals surface area contributed by atoms with E-state index in [1.54, 1.807) is 0 Å². The molecule has 0 aliphatic heterocycles. The molecule has 0 aromatic carbocycles. The third kappa shape index (κ3) is 5.02. The van der Waals surface area contributed by atoms with Gasteiger partial charge in [-0.15, -0.1) is 0 Å². The lowest BCUT2D eigenvalue weighted by atomic mass is 9.89. The minimum absolute atomic E-state index is 0.956. The van der Waals surface area contributed by atoms with Crippen LogP contribution in [0.5, 0.6) is 0 Å². The van der Waals surface area contributed by atoms with Gasteiger partial charge in [0.25, 0.3) is 0 Å². The summed E-state index contributed by atoms with van der Waals surface area (Å²) in [5, 5.41) is 0. The van der Waals surface area contributed by atoms with Gasteiger partial charge < -0.3 is 0 Å². The van der Waals surface area contributed by atoms with Crippen molar-refractivity contribution >= 4 is 0 Å². The van der Waals surface area contributed by atoms with Crippen LogP contribution < -0.4 is 0 Å². The van der Waals surface area contributed by atoms with Gasteiger partial charge in [-0.3, -0.25) is 0 Å². The first-order chi connectivity index (χ1) is 6.74. The maximum Gasteiger partial charge on any atom is -0.0388 e. The molecular formula is C14H30. The van der Waals surface area contributed by atoms with Crippen molar-refractivity contribution in [2.45, 2.75) is 73.1 Å². The monoisotopic (exact) mass is 198 g/mol. The molecule has 0 nitrogen and oxygen atoms in total. The molecule has 1 aliphatic rings. The molecule has 0 heterocycles. The van der Waals surface area contributed by atoms with Gasteiger partial charge in [-0.05, 0) is 24.2 Å². The van der Waals surface area contributed by atoms with Crippen molar-refractivity contribution in [1.82, 2.24) is 0 Å². The second-order valence-electron chi connectivity index (χ2n) is 4.76. The Bertz CT molecular complexity index is 117. The molecule has 0 spiro atoms. The van der Waals surface area contributed by atoms with Crippen molar-refractivity contribution in [3.05, 3.63) is 0 Å². The molecule has 0 radical (unpaired) electrons. The van der Waals surface area contributed by atoms with E-state index < -0.39 is 0 Å². The molecule has 0 aromatic rings. The molecule has 1 saturated carbocycles. The minimum atomic E-state index is 0.956. The van der Waals surface area contributed by atoms with Crippen LogP contribution in [0.25, 0.3) is 0 Å². The molecular weight excluding hydrogens is 168 g/mol.